The zero-order valence-corrected chi connectivity index (χ0v) is 54.9. The first kappa shape index (κ1) is 74.8. The topological polar surface area (TPSA) is 513 Å². The van der Waals surface area contributed by atoms with Crippen LogP contribution in [0.1, 0.15) is 133 Å². The molecular weight excluding hydrogens is 1230 g/mol. The van der Waals surface area contributed by atoms with Crippen molar-refractivity contribution in [1.82, 2.24) is 52.2 Å². The van der Waals surface area contributed by atoms with E-state index < -0.39 is 83.6 Å². The number of hydrogen-bond donors (Lipinski definition) is 18. The van der Waals surface area contributed by atoms with Crippen molar-refractivity contribution < 1.29 is 38.4 Å². The normalized spacial score (nSPS) is 13.4. The maximum Gasteiger partial charge on any atom is 0.243 e. The molecule has 0 fully saturated rings. The summed E-state index contributed by atoms with van der Waals surface area (Å²) < 4.78 is 0. The minimum Gasteiger partial charge on any atom is -0.370 e. The lowest BCUT2D eigenvalue weighted by molar-refractivity contribution is -0.135. The molecule has 0 aliphatic heterocycles. The first-order valence-electron chi connectivity index (χ1n) is 33.2. The Hall–Kier alpha value is -10.2. The van der Waals surface area contributed by atoms with Crippen molar-refractivity contribution in [1.29, 1.82) is 0 Å². The second kappa shape index (κ2) is 39.5. The van der Waals surface area contributed by atoms with Gasteiger partial charge in [-0.05, 0) is 99.1 Å². The van der Waals surface area contributed by atoms with Crippen LogP contribution < -0.4 is 83.1 Å². The minimum atomic E-state index is -1.46. The number of amides is 8. The molecule has 0 aliphatic rings. The molecule has 6 rings (SSSR count). The molecule has 0 saturated carbocycles. The fourth-order valence-corrected chi connectivity index (χ4v) is 11.3. The van der Waals surface area contributed by atoms with E-state index >= 15 is 14.4 Å². The molecule has 3 aromatic carbocycles. The Kier molecular flexibility index (Phi) is 30.8. The van der Waals surface area contributed by atoms with Crippen LogP contribution in [0.15, 0.2) is 106 Å². The molecule has 6 aromatic rings. The Balaban J connectivity index is 1.27. The molecule has 3 aromatic heterocycles. The summed E-state index contributed by atoms with van der Waals surface area (Å²) in [6.07, 6.45) is 14.6. The largest absolute Gasteiger partial charge is 0.370 e. The van der Waals surface area contributed by atoms with Crippen molar-refractivity contribution in [2.75, 3.05) is 26.2 Å². The maximum atomic E-state index is 15.3. The average Bonchev–Trinajstić information content (AvgIpc) is 1.65. The number of primary amides is 1. The number of aromatic nitrogens is 3. The number of rotatable bonds is 44. The highest BCUT2D eigenvalue weighted by Gasteiger charge is 2.35. The Morgan fingerprint density at radius 1 is 0.396 bits per heavy atom. The Labute approximate surface area is 558 Å². The van der Waals surface area contributed by atoms with E-state index in [1.165, 1.54) is 19.3 Å². The number of nitrogens with two attached hydrogens (primary N) is 8. The number of aromatic amines is 3. The molecule has 29 nitrogen and oxygen atoms in total. The highest BCUT2D eigenvalue weighted by atomic mass is 16.2. The van der Waals surface area contributed by atoms with Gasteiger partial charge in [0.15, 0.2) is 17.9 Å². The summed E-state index contributed by atoms with van der Waals surface area (Å²) in [5.74, 6) is -6.02. The third kappa shape index (κ3) is 24.9. The lowest BCUT2D eigenvalue weighted by Crippen LogP contribution is -2.60. The molecule has 3 heterocycles. The minimum absolute atomic E-state index is 0.0360. The van der Waals surface area contributed by atoms with E-state index in [9.17, 15) is 24.0 Å². The van der Waals surface area contributed by atoms with E-state index in [0.29, 0.717) is 48.9 Å². The summed E-state index contributed by atoms with van der Waals surface area (Å²) in [7, 11) is 0. The smallest absolute Gasteiger partial charge is 0.243 e. The van der Waals surface area contributed by atoms with E-state index in [0.717, 1.165) is 58.4 Å². The standard InChI is InChI=1S/C67H99N21O8/c1-2-3-4-5-6-7-8-30-57(89)76-31-16-15-27-51(58(69)90)83-62(94)55(36-42-39-81-49-25-13-10-21-45(42)49)87-60(92)53(29-19-34-79-67(74)75)85-64(96)56(37-43-40-82-50-26-14-11-22-46(43)50)88-61(93)52(28-18-33-78-66(72)73)84-63(95)54(35-41-38-80-48-24-12-9-20-44(41)48)86-59(91)47(68)23-17-32-77-65(70)71/h9-14,20-22,24-26,38-40,47,51-56,80-82H,2-8,15-19,23,27-37,68H2,1H3,(H2,69,90)(H,76,89)(H,83,94)(H,84,95)(H,85,96)(H,86,91)(H,87,92)(H,88,93)(H4,70,71,77)(H4,72,73,78)(H4,74,75,79)/t47-,51+,52-,53+,54-,55+,56-/m1/s1. The summed E-state index contributed by atoms with van der Waals surface area (Å²) in [5.41, 5.74) is 50.1. The molecule has 26 N–H and O–H groups in total. The Bertz CT molecular complexity index is 3600. The van der Waals surface area contributed by atoms with Gasteiger partial charge in [0, 0.05) is 103 Å². The lowest BCUT2D eigenvalue weighted by Gasteiger charge is -2.28. The molecule has 0 radical (unpaired) electrons. The van der Waals surface area contributed by atoms with Crippen LogP contribution in [0.25, 0.3) is 32.7 Å². The predicted molar refractivity (Wildman–Crippen MR) is 374 cm³/mol. The zero-order valence-electron chi connectivity index (χ0n) is 54.9. The van der Waals surface area contributed by atoms with Crippen molar-refractivity contribution in [2.24, 2.45) is 60.8 Å². The number of unbranched alkanes of at least 4 members (excludes halogenated alkanes) is 7. The van der Waals surface area contributed by atoms with Crippen LogP contribution in [0, 0.1) is 0 Å². The fraction of sp³-hybridized carbons (Fsp3) is 0.478. The number of nitrogens with one attached hydrogen (secondary N) is 10. The van der Waals surface area contributed by atoms with Gasteiger partial charge in [-0.2, -0.15) is 0 Å². The van der Waals surface area contributed by atoms with E-state index in [1.807, 2.05) is 72.8 Å². The summed E-state index contributed by atoms with van der Waals surface area (Å²) in [5, 5.41) is 22.2. The molecule has 8 amide bonds. The van der Waals surface area contributed by atoms with Crippen LogP contribution in [0.4, 0.5) is 0 Å². The van der Waals surface area contributed by atoms with Crippen LogP contribution in [0.3, 0.4) is 0 Å². The third-order valence-electron chi connectivity index (χ3n) is 16.6. The van der Waals surface area contributed by atoms with Gasteiger partial charge in [0.25, 0.3) is 0 Å². The summed E-state index contributed by atoms with van der Waals surface area (Å²) in [6, 6.07) is 12.9. The lowest BCUT2D eigenvalue weighted by atomic mass is 10.0. The SMILES string of the molecule is CCCCCCCCCC(=O)NCCCC[C@H](NC(=O)[C@H](Cc1c[nH]c2ccccc12)NC(=O)[C@H](CCCN=C(N)N)NC(=O)[C@@H](Cc1c[nH]c2ccccc12)NC(=O)[C@@H](CCCN=C(N)N)NC(=O)[C@@H](Cc1c[nH]c2ccccc12)NC(=O)[C@H](N)CCCN=C(N)N)C(N)=O. The first-order chi connectivity index (χ1) is 46.2. The number of carbonyl (C=O) groups excluding carboxylic acids is 8. The predicted octanol–water partition coefficient (Wildman–Crippen LogP) is 1.47. The quantitative estimate of drug-likeness (QED) is 0.0146. The molecular formula is C67H99N21O8. The zero-order chi connectivity index (χ0) is 69.4. The highest BCUT2D eigenvalue weighted by molar-refractivity contribution is 5.99. The van der Waals surface area contributed by atoms with Crippen LogP contribution >= 0.6 is 0 Å². The molecule has 520 valence electrons. The van der Waals surface area contributed by atoms with Gasteiger partial charge in [-0.1, -0.05) is 100 Å². The van der Waals surface area contributed by atoms with Gasteiger partial charge in [0.2, 0.25) is 47.3 Å². The Morgan fingerprint density at radius 2 is 0.740 bits per heavy atom. The molecule has 0 bridgehead atoms. The Morgan fingerprint density at radius 3 is 1.15 bits per heavy atom. The number of fused-ring (bicyclic) bond motifs is 3. The summed E-state index contributed by atoms with van der Waals surface area (Å²) >= 11 is 0. The van der Waals surface area contributed by atoms with Gasteiger partial charge < -0.3 is 98.0 Å². The molecule has 0 unspecified atom stereocenters. The maximum absolute atomic E-state index is 15.3. The van der Waals surface area contributed by atoms with Crippen molar-refractivity contribution >= 4 is 97.8 Å². The third-order valence-corrected chi connectivity index (χ3v) is 16.6. The van der Waals surface area contributed by atoms with Crippen LogP contribution in [0.2, 0.25) is 0 Å². The van der Waals surface area contributed by atoms with Crippen molar-refractivity contribution in [3.05, 3.63) is 108 Å². The van der Waals surface area contributed by atoms with Crippen molar-refractivity contribution in [3.8, 4) is 0 Å². The number of hydrogen-bond acceptors (Lipinski definition) is 12. The van der Waals surface area contributed by atoms with Crippen LogP contribution in [-0.4, -0.2) is 149 Å². The van der Waals surface area contributed by atoms with Crippen molar-refractivity contribution in [2.45, 2.75) is 178 Å². The molecule has 7 atom stereocenters. The molecule has 0 aliphatic carbocycles. The van der Waals surface area contributed by atoms with E-state index in [1.54, 1.807) is 18.6 Å². The number of H-pyrrole nitrogens is 3. The molecule has 0 spiro atoms. The summed E-state index contributed by atoms with van der Waals surface area (Å²) in [6.45, 7) is 2.83. The number of benzene rings is 3. The number of guanidine groups is 3. The highest BCUT2D eigenvalue weighted by Crippen LogP contribution is 2.23. The number of nitrogens with zero attached hydrogens (tertiary/aromatic N) is 3. The molecule has 0 saturated heterocycles. The van der Waals surface area contributed by atoms with Gasteiger partial charge in [-0.15, -0.1) is 0 Å². The number of aliphatic imine (C=N–C) groups is 3. The average molecular weight is 1330 g/mol. The second-order valence-electron chi connectivity index (χ2n) is 24.1. The fourth-order valence-electron chi connectivity index (χ4n) is 11.3. The van der Waals surface area contributed by atoms with Gasteiger partial charge in [-0.3, -0.25) is 53.3 Å². The molecule has 29 heteroatoms. The van der Waals surface area contributed by atoms with Gasteiger partial charge in [-0.25, -0.2) is 0 Å². The number of carbonyl (C=O) groups is 8. The van der Waals surface area contributed by atoms with Crippen molar-refractivity contribution in [3.63, 3.8) is 0 Å². The molecule has 96 heavy (non-hydrogen) atoms. The van der Waals surface area contributed by atoms with Crippen LogP contribution in [0.5, 0.6) is 0 Å². The van der Waals surface area contributed by atoms with Gasteiger partial charge in [0.05, 0.1) is 6.04 Å². The monoisotopic (exact) mass is 1330 g/mol. The number of para-hydroxylation sites is 3. The first-order valence-corrected chi connectivity index (χ1v) is 33.2. The van der Waals surface area contributed by atoms with E-state index in [-0.39, 0.29) is 101 Å². The van der Waals surface area contributed by atoms with E-state index in [2.05, 4.69) is 74.1 Å². The van der Waals surface area contributed by atoms with Crippen LogP contribution in [-0.2, 0) is 57.6 Å². The van der Waals surface area contributed by atoms with Gasteiger partial charge in [0.1, 0.15) is 36.3 Å². The summed E-state index contributed by atoms with van der Waals surface area (Å²) in [4.78, 5) is 136. The van der Waals surface area contributed by atoms with E-state index in [4.69, 9.17) is 45.9 Å². The second-order valence-corrected chi connectivity index (χ2v) is 24.1. The van der Waals surface area contributed by atoms with Gasteiger partial charge >= 0.3 is 0 Å².